The molecule has 0 saturated carbocycles. The van der Waals surface area contributed by atoms with E-state index in [4.69, 9.17) is 4.74 Å². The third-order valence-corrected chi connectivity index (χ3v) is 5.99. The lowest BCUT2D eigenvalue weighted by Gasteiger charge is -2.21. The maximum absolute atomic E-state index is 12.7. The predicted octanol–water partition coefficient (Wildman–Crippen LogP) is 3.22. The summed E-state index contributed by atoms with van der Waals surface area (Å²) in [5.74, 6) is 0.368. The first-order valence-electron chi connectivity index (χ1n) is 7.03. The first-order chi connectivity index (χ1) is 11.4. The molecule has 0 radical (unpaired) electrons. The summed E-state index contributed by atoms with van der Waals surface area (Å²) in [6, 6.07) is 14.0. The number of hydrogen-bond donors (Lipinski definition) is 1. The lowest BCUT2D eigenvalue weighted by molar-refractivity contribution is 0.284. The molecule has 24 heavy (non-hydrogen) atoms. The van der Waals surface area contributed by atoms with Crippen LogP contribution in [0.5, 0.6) is 5.75 Å². The normalized spacial score (nSPS) is 16.2. The van der Waals surface area contributed by atoms with Crippen LogP contribution in [0.15, 0.2) is 60.6 Å². The molecule has 6 nitrogen and oxygen atoms in total. The molecule has 1 aliphatic heterocycles. The molecule has 0 fully saturated rings. The molecule has 8 heteroatoms. The maximum Gasteiger partial charge on any atom is 0.333 e. The lowest BCUT2D eigenvalue weighted by atomic mass is 10.2. The van der Waals surface area contributed by atoms with Crippen molar-refractivity contribution in [3.63, 3.8) is 0 Å². The summed E-state index contributed by atoms with van der Waals surface area (Å²) in [4.78, 5) is 0. The number of ether oxygens (including phenoxy) is 1. The van der Waals surface area contributed by atoms with Crippen molar-refractivity contribution in [1.82, 2.24) is 4.31 Å². The van der Waals surface area contributed by atoms with E-state index in [1.807, 2.05) is 12.1 Å². The molecule has 0 atom stereocenters. The molecule has 0 bridgehead atoms. The molecule has 126 valence electrons. The second-order valence-electron chi connectivity index (χ2n) is 5.12. The molecule has 0 aliphatic carbocycles. The Morgan fingerprint density at radius 3 is 2.29 bits per heavy atom. The Balaban J connectivity index is 1.87. The van der Waals surface area contributed by atoms with E-state index in [-0.39, 0.29) is 12.4 Å². The van der Waals surface area contributed by atoms with Crippen molar-refractivity contribution in [2.75, 3.05) is 11.4 Å². The molecule has 2 aromatic rings. The van der Waals surface area contributed by atoms with Gasteiger partial charge in [0.15, 0.2) is 0 Å². The van der Waals surface area contributed by atoms with Gasteiger partial charge in [0.1, 0.15) is 5.75 Å². The Morgan fingerprint density at radius 2 is 1.71 bits per heavy atom. The van der Waals surface area contributed by atoms with Crippen LogP contribution in [-0.2, 0) is 16.8 Å². The molecule has 3 rings (SSSR count). The zero-order chi connectivity index (χ0) is 17.3. The quantitative estimate of drug-likeness (QED) is 0.715. The van der Waals surface area contributed by atoms with E-state index < -0.39 is 10.2 Å². The highest BCUT2D eigenvalue weighted by Gasteiger charge is 2.37. The van der Waals surface area contributed by atoms with Gasteiger partial charge in [0.05, 0.1) is 25.5 Å². The van der Waals surface area contributed by atoms with Crippen molar-refractivity contribution in [1.29, 1.82) is 0 Å². The van der Waals surface area contributed by atoms with Crippen LogP contribution in [0.3, 0.4) is 0 Å². The molecular weight excluding hydrogens is 443 g/mol. The van der Waals surface area contributed by atoms with Gasteiger partial charge < -0.3 is 9.84 Å². The second kappa shape index (κ2) is 6.52. The molecule has 1 aliphatic rings. The summed E-state index contributed by atoms with van der Waals surface area (Å²) in [6.07, 6.45) is 1.21. The van der Waals surface area contributed by atoms with E-state index in [1.54, 1.807) is 43.5 Å². The highest BCUT2D eigenvalue weighted by molar-refractivity contribution is 14.1. The number of halogens is 1. The van der Waals surface area contributed by atoms with Crippen LogP contribution in [-0.4, -0.2) is 24.9 Å². The van der Waals surface area contributed by atoms with Crippen LogP contribution >= 0.6 is 22.6 Å². The largest absolute Gasteiger partial charge is 0.497 e. The Bertz CT molecular complexity index is 864. The van der Waals surface area contributed by atoms with Gasteiger partial charge in [-0.05, 0) is 64.6 Å². The SMILES string of the molecule is COc1ccc(CN2C(O)=CN(c3ccc(I)cc3)S2(=O)=O)cc1. The molecule has 1 heterocycles. The standard InChI is InChI=1S/C16H15IN2O4S/c1-23-15-8-2-12(3-9-15)10-19-16(20)11-18(24(19,21)22)14-6-4-13(17)5-7-14/h2-9,11,20H,10H2,1H3. The van der Waals surface area contributed by atoms with E-state index in [9.17, 15) is 13.5 Å². The van der Waals surface area contributed by atoms with Crippen LogP contribution in [0.1, 0.15) is 5.56 Å². The summed E-state index contributed by atoms with van der Waals surface area (Å²) in [7, 11) is -2.30. The van der Waals surface area contributed by atoms with Crippen molar-refractivity contribution in [3.05, 3.63) is 69.7 Å². The number of anilines is 1. The summed E-state index contributed by atoms with van der Waals surface area (Å²) in [6.45, 7) is 0.0372. The Kier molecular flexibility index (Phi) is 4.59. The van der Waals surface area contributed by atoms with E-state index in [0.717, 1.165) is 17.7 Å². The second-order valence-corrected chi connectivity index (χ2v) is 8.10. The average molecular weight is 458 g/mol. The van der Waals surface area contributed by atoms with Gasteiger partial charge in [-0.3, -0.25) is 0 Å². The minimum absolute atomic E-state index is 0.0372. The minimum atomic E-state index is -3.87. The van der Waals surface area contributed by atoms with Gasteiger partial charge in [-0.2, -0.15) is 8.42 Å². The van der Waals surface area contributed by atoms with Crippen molar-refractivity contribution in [3.8, 4) is 5.75 Å². The molecular formula is C16H15IN2O4S. The van der Waals surface area contributed by atoms with Gasteiger partial charge >= 0.3 is 10.2 Å². The van der Waals surface area contributed by atoms with Crippen LogP contribution in [0, 0.1) is 3.57 Å². The van der Waals surface area contributed by atoms with Gasteiger partial charge in [0, 0.05) is 3.57 Å². The number of aliphatic hydroxyl groups excluding tert-OH is 1. The van der Waals surface area contributed by atoms with Crippen LogP contribution < -0.4 is 9.04 Å². The topological polar surface area (TPSA) is 70.1 Å². The first-order valence-corrected chi connectivity index (χ1v) is 9.51. The Morgan fingerprint density at radius 1 is 1.08 bits per heavy atom. The van der Waals surface area contributed by atoms with Crippen molar-refractivity contribution in [2.45, 2.75) is 6.54 Å². The number of benzene rings is 2. The van der Waals surface area contributed by atoms with E-state index >= 15 is 0 Å². The molecule has 2 aromatic carbocycles. The smallest absolute Gasteiger partial charge is 0.333 e. The number of aliphatic hydroxyl groups is 1. The Hall–Kier alpha value is -1.94. The molecule has 0 unspecified atom stereocenters. The predicted molar refractivity (Wildman–Crippen MR) is 99.8 cm³/mol. The molecule has 1 N–H and O–H groups in total. The summed E-state index contributed by atoms with van der Waals surface area (Å²) in [5.41, 5.74) is 1.21. The van der Waals surface area contributed by atoms with Crippen molar-refractivity contribution < 1.29 is 18.3 Å². The summed E-state index contributed by atoms with van der Waals surface area (Å²) >= 11 is 2.14. The first kappa shape index (κ1) is 16.9. The monoisotopic (exact) mass is 458 g/mol. The fourth-order valence-corrected chi connectivity index (χ4v) is 4.10. The fraction of sp³-hybridized carbons (Fsp3) is 0.125. The average Bonchev–Trinajstić information content (AvgIpc) is 2.80. The molecule has 0 aromatic heterocycles. The number of hydrogen-bond acceptors (Lipinski definition) is 4. The highest BCUT2D eigenvalue weighted by Crippen LogP contribution is 2.31. The van der Waals surface area contributed by atoms with E-state index in [0.29, 0.717) is 11.4 Å². The van der Waals surface area contributed by atoms with Crippen LogP contribution in [0.4, 0.5) is 5.69 Å². The van der Waals surface area contributed by atoms with Gasteiger partial charge in [0.2, 0.25) is 5.88 Å². The zero-order valence-corrected chi connectivity index (χ0v) is 15.7. The molecule has 0 amide bonds. The summed E-state index contributed by atoms with van der Waals surface area (Å²) in [5, 5.41) is 10.1. The third-order valence-electron chi connectivity index (χ3n) is 3.58. The van der Waals surface area contributed by atoms with Crippen LogP contribution in [0.25, 0.3) is 0 Å². The lowest BCUT2D eigenvalue weighted by Crippen LogP contribution is -2.33. The van der Waals surface area contributed by atoms with Gasteiger partial charge in [-0.15, -0.1) is 0 Å². The van der Waals surface area contributed by atoms with Gasteiger partial charge in [-0.1, -0.05) is 12.1 Å². The number of methoxy groups -OCH3 is 1. The van der Waals surface area contributed by atoms with Gasteiger partial charge in [-0.25, -0.2) is 8.61 Å². The summed E-state index contributed by atoms with van der Waals surface area (Å²) < 4.78 is 33.6. The number of nitrogens with zero attached hydrogens (tertiary/aromatic N) is 2. The minimum Gasteiger partial charge on any atom is -0.497 e. The van der Waals surface area contributed by atoms with Crippen molar-refractivity contribution in [2.24, 2.45) is 0 Å². The molecule has 0 saturated heterocycles. The highest BCUT2D eigenvalue weighted by atomic mass is 127. The third kappa shape index (κ3) is 3.16. The van der Waals surface area contributed by atoms with E-state index in [1.165, 1.54) is 6.20 Å². The van der Waals surface area contributed by atoms with Crippen LogP contribution in [0.2, 0.25) is 0 Å². The zero-order valence-electron chi connectivity index (χ0n) is 12.8. The van der Waals surface area contributed by atoms with E-state index in [2.05, 4.69) is 22.6 Å². The fourth-order valence-electron chi connectivity index (χ4n) is 2.32. The Labute approximate surface area is 154 Å². The van der Waals surface area contributed by atoms with Crippen molar-refractivity contribution >= 4 is 38.5 Å². The molecule has 0 spiro atoms. The maximum atomic E-state index is 12.7. The van der Waals surface area contributed by atoms with Gasteiger partial charge in [0.25, 0.3) is 0 Å². The number of rotatable bonds is 4.